The molecule has 0 atom stereocenters. The lowest BCUT2D eigenvalue weighted by Crippen LogP contribution is -2.26. The molecule has 96 valence electrons. The van der Waals surface area contributed by atoms with Crippen molar-refractivity contribution in [3.05, 3.63) is 11.3 Å². The quantitative estimate of drug-likeness (QED) is 0.815. The summed E-state index contributed by atoms with van der Waals surface area (Å²) in [6.45, 7) is 1.27. The first-order chi connectivity index (χ1) is 7.82. The van der Waals surface area contributed by atoms with Gasteiger partial charge in [-0.2, -0.15) is 13.2 Å². The molecule has 1 fully saturated rings. The molecule has 0 saturated heterocycles. The zero-order chi connectivity index (χ0) is 13.1. The highest BCUT2D eigenvalue weighted by Crippen LogP contribution is 2.30. The highest BCUT2D eigenvalue weighted by atomic mass is 19.4. The van der Waals surface area contributed by atoms with Gasteiger partial charge >= 0.3 is 6.18 Å². The van der Waals surface area contributed by atoms with Crippen LogP contribution in [0.5, 0.6) is 0 Å². The maximum Gasteiger partial charge on any atom is 0.431 e. The number of alkyl halides is 3. The lowest BCUT2D eigenvalue weighted by molar-refractivity contribution is -0.115. The van der Waals surface area contributed by atoms with Crippen molar-refractivity contribution in [1.29, 1.82) is 0 Å². The monoisotopic (exact) mass is 248 g/mol. The number of carbonyl (C=O) groups excluding carboxylic acids is 1. The van der Waals surface area contributed by atoms with Crippen LogP contribution in [0.2, 0.25) is 0 Å². The average molecular weight is 248 g/mol. The van der Waals surface area contributed by atoms with Crippen LogP contribution >= 0.6 is 0 Å². The first kappa shape index (κ1) is 13.7. The van der Waals surface area contributed by atoms with E-state index in [4.69, 9.17) is 5.73 Å². The van der Waals surface area contributed by atoms with Gasteiger partial charge in [-0.15, -0.1) is 0 Å². The number of rotatable bonds is 2. The Morgan fingerprint density at radius 2 is 1.94 bits per heavy atom. The zero-order valence-corrected chi connectivity index (χ0v) is 9.60. The van der Waals surface area contributed by atoms with Crippen molar-refractivity contribution in [3.8, 4) is 0 Å². The number of Topliss-reactive ketones (excluding diaryl/α,β-unsaturated/α-hetero) is 1. The molecule has 17 heavy (non-hydrogen) atoms. The molecule has 1 saturated carbocycles. The van der Waals surface area contributed by atoms with Gasteiger partial charge in [-0.1, -0.05) is 0 Å². The number of nitrogens with two attached hydrogens (primary N) is 1. The van der Waals surface area contributed by atoms with Crippen LogP contribution in [0.15, 0.2) is 16.3 Å². The minimum atomic E-state index is -4.52. The molecule has 0 aromatic heterocycles. The standard InChI is InChI=1S/C11H15F3N2O/c1-7(17)6-16-9-5-3-2-4-8(9)10(15)11(12,13)14/h2-6,15H2,1H3. The van der Waals surface area contributed by atoms with Crippen LogP contribution in [-0.4, -0.2) is 24.2 Å². The van der Waals surface area contributed by atoms with Crippen molar-refractivity contribution in [2.45, 2.75) is 38.8 Å². The summed E-state index contributed by atoms with van der Waals surface area (Å²) in [5.74, 6) is -0.173. The van der Waals surface area contributed by atoms with Gasteiger partial charge in [0.15, 0.2) is 5.78 Å². The third-order valence-electron chi connectivity index (χ3n) is 2.56. The molecular formula is C11H15F3N2O. The number of halogens is 3. The molecule has 0 aliphatic heterocycles. The number of aliphatic imine (C=N–C) groups is 1. The van der Waals surface area contributed by atoms with Crippen LogP contribution in [0.4, 0.5) is 13.2 Å². The van der Waals surface area contributed by atoms with E-state index < -0.39 is 11.9 Å². The van der Waals surface area contributed by atoms with Crippen molar-refractivity contribution in [2.24, 2.45) is 10.7 Å². The number of nitrogens with zero attached hydrogens (tertiary/aromatic N) is 1. The maximum atomic E-state index is 12.5. The predicted octanol–water partition coefficient (Wildman–Crippen LogP) is 2.37. The number of allylic oxidation sites excluding steroid dienone is 2. The van der Waals surface area contributed by atoms with Gasteiger partial charge in [0.25, 0.3) is 0 Å². The highest BCUT2D eigenvalue weighted by molar-refractivity contribution is 6.02. The van der Waals surface area contributed by atoms with Gasteiger partial charge in [0.05, 0.1) is 6.54 Å². The SMILES string of the molecule is CC(=O)CN=C1CCCCC1=C(N)C(F)(F)F. The van der Waals surface area contributed by atoms with Crippen molar-refractivity contribution >= 4 is 11.5 Å². The molecule has 1 aliphatic rings. The minimum Gasteiger partial charge on any atom is -0.394 e. The summed E-state index contributed by atoms with van der Waals surface area (Å²) in [4.78, 5) is 14.7. The largest absolute Gasteiger partial charge is 0.431 e. The van der Waals surface area contributed by atoms with Crippen LogP contribution in [-0.2, 0) is 4.79 Å². The number of carbonyl (C=O) groups is 1. The van der Waals surface area contributed by atoms with E-state index in [2.05, 4.69) is 4.99 Å². The second kappa shape index (κ2) is 5.33. The van der Waals surface area contributed by atoms with E-state index in [-0.39, 0.29) is 24.3 Å². The molecule has 0 amide bonds. The topological polar surface area (TPSA) is 55.5 Å². The molecular weight excluding hydrogens is 233 g/mol. The van der Waals surface area contributed by atoms with Crippen molar-refractivity contribution < 1.29 is 18.0 Å². The van der Waals surface area contributed by atoms with Crippen LogP contribution in [0, 0.1) is 0 Å². The predicted molar refractivity (Wildman–Crippen MR) is 58.7 cm³/mol. The second-order valence-corrected chi connectivity index (χ2v) is 4.06. The van der Waals surface area contributed by atoms with Crippen LogP contribution in [0.3, 0.4) is 0 Å². The highest BCUT2D eigenvalue weighted by Gasteiger charge is 2.35. The molecule has 2 N–H and O–H groups in total. The van der Waals surface area contributed by atoms with Crippen molar-refractivity contribution in [1.82, 2.24) is 0 Å². The fourth-order valence-electron chi connectivity index (χ4n) is 1.73. The number of hydrogen-bond acceptors (Lipinski definition) is 3. The Morgan fingerprint density at radius 1 is 1.35 bits per heavy atom. The molecule has 0 aromatic rings. The summed E-state index contributed by atoms with van der Waals surface area (Å²) in [5.41, 5.74) is 4.44. The van der Waals surface area contributed by atoms with Gasteiger partial charge in [0.2, 0.25) is 0 Å². The average Bonchev–Trinajstić information content (AvgIpc) is 2.24. The van der Waals surface area contributed by atoms with E-state index in [1.165, 1.54) is 6.92 Å². The smallest absolute Gasteiger partial charge is 0.394 e. The summed E-state index contributed by atoms with van der Waals surface area (Å²) in [6.07, 6.45) is -2.33. The lowest BCUT2D eigenvalue weighted by atomic mass is 9.91. The molecule has 0 bridgehead atoms. The van der Waals surface area contributed by atoms with E-state index in [0.717, 1.165) is 6.42 Å². The third kappa shape index (κ3) is 3.87. The van der Waals surface area contributed by atoms with Gasteiger partial charge in [0, 0.05) is 11.3 Å². The van der Waals surface area contributed by atoms with E-state index in [9.17, 15) is 18.0 Å². The fraction of sp³-hybridized carbons (Fsp3) is 0.636. The molecule has 0 radical (unpaired) electrons. The Hall–Kier alpha value is -1.33. The summed E-state index contributed by atoms with van der Waals surface area (Å²) in [5, 5.41) is 0. The van der Waals surface area contributed by atoms with Gasteiger partial charge in [0.1, 0.15) is 5.70 Å². The Morgan fingerprint density at radius 3 is 2.47 bits per heavy atom. The molecule has 1 rings (SSSR count). The summed E-state index contributed by atoms with van der Waals surface area (Å²) in [7, 11) is 0. The summed E-state index contributed by atoms with van der Waals surface area (Å²) >= 11 is 0. The number of hydrogen-bond donors (Lipinski definition) is 1. The molecule has 3 nitrogen and oxygen atoms in total. The lowest BCUT2D eigenvalue weighted by Gasteiger charge is -2.20. The summed E-state index contributed by atoms with van der Waals surface area (Å²) < 4.78 is 37.5. The molecule has 0 heterocycles. The molecule has 0 unspecified atom stereocenters. The Kier molecular flexibility index (Phi) is 4.31. The summed E-state index contributed by atoms with van der Waals surface area (Å²) in [6, 6.07) is 0. The normalized spacial score (nSPS) is 22.7. The van der Waals surface area contributed by atoms with Crippen LogP contribution in [0.25, 0.3) is 0 Å². The van der Waals surface area contributed by atoms with E-state index >= 15 is 0 Å². The van der Waals surface area contributed by atoms with E-state index in [1.54, 1.807) is 0 Å². The van der Waals surface area contributed by atoms with Gasteiger partial charge in [-0.25, -0.2) is 0 Å². The first-order valence-corrected chi connectivity index (χ1v) is 5.41. The molecule has 0 aromatic carbocycles. The van der Waals surface area contributed by atoms with Gasteiger partial charge < -0.3 is 5.73 Å². The Bertz CT molecular complexity index is 369. The van der Waals surface area contributed by atoms with Gasteiger partial charge in [-0.3, -0.25) is 9.79 Å². The molecule has 6 heteroatoms. The van der Waals surface area contributed by atoms with Crippen LogP contribution < -0.4 is 5.73 Å². The fourth-order valence-corrected chi connectivity index (χ4v) is 1.73. The van der Waals surface area contributed by atoms with E-state index in [1.807, 2.05) is 0 Å². The van der Waals surface area contributed by atoms with Crippen LogP contribution in [0.1, 0.15) is 32.6 Å². The molecule has 0 spiro atoms. The Balaban J connectivity index is 3.01. The third-order valence-corrected chi connectivity index (χ3v) is 2.56. The zero-order valence-electron chi connectivity index (χ0n) is 9.60. The number of ketones is 1. The first-order valence-electron chi connectivity index (χ1n) is 5.41. The van der Waals surface area contributed by atoms with E-state index in [0.29, 0.717) is 18.6 Å². The van der Waals surface area contributed by atoms with Crippen molar-refractivity contribution in [2.75, 3.05) is 6.54 Å². The maximum absolute atomic E-state index is 12.5. The molecule has 1 aliphatic carbocycles. The Labute approximate surface area is 97.6 Å². The van der Waals surface area contributed by atoms with Crippen molar-refractivity contribution in [3.63, 3.8) is 0 Å². The van der Waals surface area contributed by atoms with Gasteiger partial charge in [-0.05, 0) is 32.6 Å². The minimum absolute atomic E-state index is 0.0602. The second-order valence-electron chi connectivity index (χ2n) is 4.06.